The summed E-state index contributed by atoms with van der Waals surface area (Å²) in [7, 11) is 0. The van der Waals surface area contributed by atoms with E-state index < -0.39 is 0 Å². The van der Waals surface area contributed by atoms with Crippen molar-refractivity contribution in [2.45, 2.75) is 25.3 Å². The van der Waals surface area contributed by atoms with Crippen molar-refractivity contribution in [1.29, 1.82) is 0 Å². The largest absolute Gasteiger partial charge is 0.354 e. The minimum Gasteiger partial charge on any atom is -0.354 e. The Hall–Kier alpha value is -1.48. The Labute approximate surface area is 111 Å². The number of hydrogen-bond donors (Lipinski definition) is 0. The minimum atomic E-state index is 0.218. The van der Waals surface area contributed by atoms with Gasteiger partial charge in [-0.15, -0.1) is 0 Å². The van der Waals surface area contributed by atoms with Crippen LogP contribution in [-0.4, -0.2) is 16.1 Å². The van der Waals surface area contributed by atoms with Gasteiger partial charge in [-0.1, -0.05) is 48.2 Å². The second kappa shape index (κ2) is 4.65. The van der Waals surface area contributed by atoms with E-state index in [1.165, 1.54) is 11.3 Å². The van der Waals surface area contributed by atoms with Crippen molar-refractivity contribution in [3.63, 3.8) is 0 Å². The zero-order chi connectivity index (χ0) is 12.5. The van der Waals surface area contributed by atoms with E-state index in [4.69, 9.17) is 0 Å². The zero-order valence-corrected chi connectivity index (χ0v) is 11.1. The summed E-state index contributed by atoms with van der Waals surface area (Å²) in [5.74, 6) is 0.218. The molecule has 0 aromatic heterocycles. The van der Waals surface area contributed by atoms with E-state index >= 15 is 0 Å². The van der Waals surface area contributed by atoms with Crippen LogP contribution in [0.1, 0.15) is 18.9 Å². The van der Waals surface area contributed by atoms with E-state index in [0.29, 0.717) is 11.8 Å². The van der Waals surface area contributed by atoms with E-state index in [1.54, 1.807) is 17.8 Å². The van der Waals surface area contributed by atoms with Crippen LogP contribution in [0.25, 0.3) is 0 Å². The molecule has 1 saturated heterocycles. The van der Waals surface area contributed by atoms with Gasteiger partial charge in [-0.2, -0.15) is 0 Å². The number of ketones is 1. The SMILES string of the molecule is CC1SC2=CC(=O)CC=C2N1Cc1ccccc1. The smallest absolute Gasteiger partial charge is 0.160 e. The quantitative estimate of drug-likeness (QED) is 0.810. The number of fused-ring (bicyclic) bond motifs is 1. The van der Waals surface area contributed by atoms with E-state index in [9.17, 15) is 4.79 Å². The molecule has 0 bridgehead atoms. The molecule has 0 N–H and O–H groups in total. The summed E-state index contributed by atoms with van der Waals surface area (Å²) in [4.78, 5) is 14.9. The Kier molecular flexibility index (Phi) is 3.00. The first kappa shape index (κ1) is 11.6. The van der Waals surface area contributed by atoms with Gasteiger partial charge in [-0.3, -0.25) is 4.79 Å². The van der Waals surface area contributed by atoms with Crippen LogP contribution in [0.2, 0.25) is 0 Å². The van der Waals surface area contributed by atoms with E-state index in [-0.39, 0.29) is 5.78 Å². The molecular weight excluding hydrogens is 242 g/mol. The van der Waals surface area contributed by atoms with Crippen LogP contribution in [0.15, 0.2) is 53.1 Å². The Morgan fingerprint density at radius 1 is 1.33 bits per heavy atom. The summed E-state index contributed by atoms with van der Waals surface area (Å²) in [5, 5.41) is 0.397. The normalized spacial score (nSPS) is 22.6. The second-order valence-corrected chi connectivity index (χ2v) is 5.96. The molecule has 1 unspecified atom stereocenters. The first-order valence-electron chi connectivity index (χ1n) is 6.16. The highest BCUT2D eigenvalue weighted by Gasteiger charge is 2.31. The lowest BCUT2D eigenvalue weighted by molar-refractivity contribution is -0.114. The molecule has 1 aromatic rings. The van der Waals surface area contributed by atoms with Crippen molar-refractivity contribution in [3.8, 4) is 0 Å². The highest BCUT2D eigenvalue weighted by atomic mass is 32.2. The molecule has 2 aliphatic rings. The molecule has 18 heavy (non-hydrogen) atoms. The number of carbonyl (C=O) groups excluding carboxylic acids is 1. The molecule has 3 rings (SSSR count). The molecule has 2 nitrogen and oxygen atoms in total. The Morgan fingerprint density at radius 3 is 2.89 bits per heavy atom. The van der Waals surface area contributed by atoms with E-state index in [0.717, 1.165) is 11.4 Å². The third-order valence-corrected chi connectivity index (χ3v) is 4.46. The van der Waals surface area contributed by atoms with Crippen molar-refractivity contribution in [2.24, 2.45) is 0 Å². The van der Waals surface area contributed by atoms with Gasteiger partial charge >= 0.3 is 0 Å². The number of carbonyl (C=O) groups is 1. The summed E-state index contributed by atoms with van der Waals surface area (Å²) >= 11 is 1.78. The molecule has 0 amide bonds. The zero-order valence-electron chi connectivity index (χ0n) is 10.3. The minimum absolute atomic E-state index is 0.218. The Balaban J connectivity index is 1.85. The molecule has 1 fully saturated rings. The maximum absolute atomic E-state index is 11.4. The number of rotatable bonds is 2. The number of nitrogens with zero attached hydrogens (tertiary/aromatic N) is 1. The average molecular weight is 257 g/mol. The first-order valence-corrected chi connectivity index (χ1v) is 7.04. The molecule has 0 spiro atoms. The fourth-order valence-corrected chi connectivity index (χ4v) is 3.57. The lowest BCUT2D eigenvalue weighted by Gasteiger charge is -2.24. The van der Waals surface area contributed by atoms with Gasteiger partial charge in [-0.25, -0.2) is 0 Å². The van der Waals surface area contributed by atoms with Gasteiger partial charge in [0, 0.05) is 23.6 Å². The van der Waals surface area contributed by atoms with Gasteiger partial charge in [0.15, 0.2) is 5.78 Å². The van der Waals surface area contributed by atoms with Gasteiger partial charge in [-0.05, 0) is 18.6 Å². The molecule has 92 valence electrons. The molecule has 1 atom stereocenters. The van der Waals surface area contributed by atoms with Crippen LogP contribution >= 0.6 is 11.8 Å². The van der Waals surface area contributed by atoms with Crippen LogP contribution in [0, 0.1) is 0 Å². The molecule has 0 radical (unpaired) electrons. The topological polar surface area (TPSA) is 20.3 Å². The molecule has 1 aliphatic heterocycles. The molecule has 1 aromatic carbocycles. The van der Waals surface area contributed by atoms with Crippen LogP contribution in [0.3, 0.4) is 0 Å². The Morgan fingerprint density at radius 2 is 2.11 bits per heavy atom. The van der Waals surface area contributed by atoms with Crippen molar-refractivity contribution >= 4 is 17.5 Å². The molecule has 1 heterocycles. The van der Waals surface area contributed by atoms with Crippen molar-refractivity contribution in [1.82, 2.24) is 4.90 Å². The highest BCUT2D eigenvalue weighted by molar-refractivity contribution is 8.04. The van der Waals surface area contributed by atoms with Crippen LogP contribution < -0.4 is 0 Å². The average Bonchev–Trinajstić information content (AvgIpc) is 2.66. The second-order valence-electron chi connectivity index (χ2n) is 4.60. The third kappa shape index (κ3) is 2.10. The van der Waals surface area contributed by atoms with Gasteiger partial charge in [0.1, 0.15) is 0 Å². The number of allylic oxidation sites excluding steroid dienone is 2. The highest BCUT2D eigenvalue weighted by Crippen LogP contribution is 2.43. The summed E-state index contributed by atoms with van der Waals surface area (Å²) in [5.41, 5.74) is 2.54. The lowest BCUT2D eigenvalue weighted by atomic mass is 10.1. The molecule has 3 heteroatoms. The van der Waals surface area contributed by atoms with Crippen molar-refractivity contribution in [3.05, 3.63) is 58.6 Å². The van der Waals surface area contributed by atoms with Crippen molar-refractivity contribution in [2.75, 3.05) is 0 Å². The summed E-state index contributed by atoms with van der Waals surface area (Å²) in [6, 6.07) is 10.5. The summed E-state index contributed by atoms with van der Waals surface area (Å²) in [6.07, 6.45) is 4.40. The predicted molar refractivity (Wildman–Crippen MR) is 74.8 cm³/mol. The van der Waals surface area contributed by atoms with Gasteiger partial charge in [0.25, 0.3) is 0 Å². The van der Waals surface area contributed by atoms with Gasteiger partial charge < -0.3 is 4.90 Å². The summed E-state index contributed by atoms with van der Waals surface area (Å²) in [6.45, 7) is 3.10. The van der Waals surface area contributed by atoms with E-state index in [2.05, 4.69) is 42.2 Å². The first-order chi connectivity index (χ1) is 8.74. The fraction of sp³-hybridized carbons (Fsp3) is 0.267. The van der Waals surface area contributed by atoms with Gasteiger partial charge in [0.2, 0.25) is 0 Å². The Bertz CT molecular complexity index is 533. The number of thioether (sulfide) groups is 1. The van der Waals surface area contributed by atoms with E-state index in [1.807, 2.05) is 6.07 Å². The lowest BCUT2D eigenvalue weighted by Crippen LogP contribution is -2.24. The maximum Gasteiger partial charge on any atom is 0.160 e. The predicted octanol–water partition coefficient (Wildman–Crippen LogP) is 3.32. The van der Waals surface area contributed by atoms with Crippen LogP contribution in [0.5, 0.6) is 0 Å². The standard InChI is InChI=1S/C15H15NOS/c1-11-16(10-12-5-3-2-4-6-12)14-8-7-13(17)9-15(14)18-11/h2-6,8-9,11H,7,10H2,1H3. The van der Waals surface area contributed by atoms with Crippen molar-refractivity contribution < 1.29 is 4.79 Å². The maximum atomic E-state index is 11.4. The fourth-order valence-electron chi connectivity index (χ4n) is 2.37. The number of hydrogen-bond acceptors (Lipinski definition) is 3. The third-order valence-electron chi connectivity index (χ3n) is 3.28. The van der Waals surface area contributed by atoms with Gasteiger partial charge in [0.05, 0.1) is 5.37 Å². The summed E-state index contributed by atoms with van der Waals surface area (Å²) < 4.78 is 0. The molecular formula is C15H15NOS. The van der Waals surface area contributed by atoms with Crippen LogP contribution in [-0.2, 0) is 11.3 Å². The molecule has 0 saturated carbocycles. The van der Waals surface area contributed by atoms with Crippen LogP contribution in [0.4, 0.5) is 0 Å². The number of benzene rings is 1. The monoisotopic (exact) mass is 257 g/mol. The molecule has 1 aliphatic carbocycles.